The van der Waals surface area contributed by atoms with Crippen LogP contribution in [-0.4, -0.2) is 5.75 Å². The third-order valence-corrected chi connectivity index (χ3v) is 4.51. The van der Waals surface area contributed by atoms with Gasteiger partial charge < -0.3 is 0 Å². The fourth-order valence-electron chi connectivity index (χ4n) is 1.84. The molecule has 0 saturated heterocycles. The number of hydrogen-bond donors (Lipinski definition) is 2. The van der Waals surface area contributed by atoms with E-state index in [0.29, 0.717) is 0 Å². The molecule has 0 aliphatic rings. The third-order valence-electron chi connectivity index (χ3n) is 2.88. The summed E-state index contributed by atoms with van der Waals surface area (Å²) in [6.07, 6.45) is 0. The summed E-state index contributed by atoms with van der Waals surface area (Å²) in [4.78, 5) is 1.25. The highest BCUT2D eigenvalue weighted by molar-refractivity contribution is 9.10. The molecule has 2 aromatic carbocycles. The third kappa shape index (κ3) is 4.35. The second-order valence-electron chi connectivity index (χ2n) is 4.40. The Labute approximate surface area is 126 Å². The van der Waals surface area contributed by atoms with E-state index < -0.39 is 0 Å². The van der Waals surface area contributed by atoms with E-state index in [2.05, 4.69) is 76.8 Å². The number of rotatable bonds is 5. The largest absolute Gasteiger partial charge is 0.271 e. The van der Waals surface area contributed by atoms with E-state index in [1.807, 2.05) is 0 Å². The van der Waals surface area contributed by atoms with Crippen LogP contribution in [0.4, 0.5) is 0 Å². The topological polar surface area (TPSA) is 38.0 Å². The van der Waals surface area contributed by atoms with Gasteiger partial charge in [0.15, 0.2) is 0 Å². The van der Waals surface area contributed by atoms with Crippen LogP contribution < -0.4 is 11.3 Å². The van der Waals surface area contributed by atoms with Crippen molar-refractivity contribution in [3.63, 3.8) is 0 Å². The van der Waals surface area contributed by atoms with Crippen molar-refractivity contribution >= 4 is 27.7 Å². The molecule has 2 rings (SSSR count). The highest BCUT2D eigenvalue weighted by atomic mass is 79.9. The van der Waals surface area contributed by atoms with Gasteiger partial charge in [-0.15, -0.1) is 11.8 Å². The predicted octanol–water partition coefficient (Wildman–Crippen LogP) is 4.05. The average Bonchev–Trinajstić information content (AvgIpc) is 2.42. The van der Waals surface area contributed by atoms with Gasteiger partial charge in [0.05, 0.1) is 6.04 Å². The first-order chi connectivity index (χ1) is 9.19. The first-order valence-corrected chi connectivity index (χ1v) is 7.88. The average molecular weight is 337 g/mol. The highest BCUT2D eigenvalue weighted by Crippen LogP contribution is 2.26. The van der Waals surface area contributed by atoms with Crippen LogP contribution in [0.1, 0.15) is 17.2 Å². The molecular formula is C15H17BrN2S. The van der Waals surface area contributed by atoms with Gasteiger partial charge in [0.1, 0.15) is 0 Å². The van der Waals surface area contributed by atoms with Gasteiger partial charge in [0, 0.05) is 15.1 Å². The molecule has 0 aliphatic heterocycles. The van der Waals surface area contributed by atoms with Crippen molar-refractivity contribution in [2.45, 2.75) is 17.9 Å². The SMILES string of the molecule is Cc1cccc(C(CSc2ccc(Br)cc2)NN)c1. The zero-order valence-corrected chi connectivity index (χ0v) is 13.2. The van der Waals surface area contributed by atoms with E-state index in [1.165, 1.54) is 16.0 Å². The fourth-order valence-corrected chi connectivity index (χ4v) is 3.08. The summed E-state index contributed by atoms with van der Waals surface area (Å²) in [6, 6.07) is 16.9. The maximum atomic E-state index is 5.67. The van der Waals surface area contributed by atoms with Crippen LogP contribution in [0.2, 0.25) is 0 Å². The molecule has 0 radical (unpaired) electrons. The lowest BCUT2D eigenvalue weighted by molar-refractivity contribution is 0.610. The maximum absolute atomic E-state index is 5.67. The van der Waals surface area contributed by atoms with E-state index in [0.717, 1.165) is 10.2 Å². The molecule has 2 nitrogen and oxygen atoms in total. The van der Waals surface area contributed by atoms with E-state index in [4.69, 9.17) is 5.84 Å². The number of hydrogen-bond acceptors (Lipinski definition) is 3. The standard InChI is InChI=1S/C15H17BrN2S/c1-11-3-2-4-12(9-11)15(18-17)10-19-14-7-5-13(16)6-8-14/h2-9,15,18H,10,17H2,1H3. The van der Waals surface area contributed by atoms with E-state index in [-0.39, 0.29) is 6.04 Å². The smallest absolute Gasteiger partial charge is 0.0554 e. The van der Waals surface area contributed by atoms with Crippen LogP contribution in [0, 0.1) is 6.92 Å². The minimum atomic E-state index is 0.161. The second-order valence-corrected chi connectivity index (χ2v) is 6.41. The lowest BCUT2D eigenvalue weighted by Crippen LogP contribution is -2.29. The zero-order valence-electron chi connectivity index (χ0n) is 10.8. The van der Waals surface area contributed by atoms with Crippen molar-refractivity contribution in [1.82, 2.24) is 5.43 Å². The Morgan fingerprint density at radius 1 is 1.21 bits per heavy atom. The summed E-state index contributed by atoms with van der Waals surface area (Å²) in [5.74, 6) is 6.58. The molecule has 3 N–H and O–H groups in total. The van der Waals surface area contributed by atoms with Crippen molar-refractivity contribution in [3.05, 3.63) is 64.1 Å². The van der Waals surface area contributed by atoms with Crippen molar-refractivity contribution in [1.29, 1.82) is 0 Å². The van der Waals surface area contributed by atoms with Gasteiger partial charge >= 0.3 is 0 Å². The quantitative estimate of drug-likeness (QED) is 0.491. The summed E-state index contributed by atoms with van der Waals surface area (Å²) < 4.78 is 1.10. The molecule has 4 heteroatoms. The van der Waals surface area contributed by atoms with Gasteiger partial charge in [-0.3, -0.25) is 11.3 Å². The normalized spacial score (nSPS) is 12.4. The van der Waals surface area contributed by atoms with Gasteiger partial charge in [0.2, 0.25) is 0 Å². The van der Waals surface area contributed by atoms with Gasteiger partial charge in [0.25, 0.3) is 0 Å². The molecule has 1 atom stereocenters. The van der Waals surface area contributed by atoms with Crippen molar-refractivity contribution < 1.29 is 0 Å². The Morgan fingerprint density at radius 3 is 2.58 bits per heavy atom. The Kier molecular flexibility index (Phi) is 5.45. The number of thioether (sulfide) groups is 1. The van der Waals surface area contributed by atoms with Gasteiger partial charge in [-0.05, 0) is 36.8 Å². The molecular weight excluding hydrogens is 320 g/mol. The number of aryl methyl sites for hydroxylation is 1. The van der Waals surface area contributed by atoms with Crippen LogP contribution in [-0.2, 0) is 0 Å². The summed E-state index contributed by atoms with van der Waals surface area (Å²) in [6.45, 7) is 2.10. The Balaban J connectivity index is 2.01. The lowest BCUT2D eigenvalue weighted by Gasteiger charge is -2.16. The molecule has 0 spiro atoms. The molecule has 0 aromatic heterocycles. The Bertz CT molecular complexity index is 528. The van der Waals surface area contributed by atoms with Gasteiger partial charge in [-0.25, -0.2) is 0 Å². The zero-order chi connectivity index (χ0) is 13.7. The summed E-state index contributed by atoms with van der Waals surface area (Å²) in [5, 5.41) is 0. The van der Waals surface area contributed by atoms with E-state index in [9.17, 15) is 0 Å². The molecule has 100 valence electrons. The summed E-state index contributed by atoms with van der Waals surface area (Å²) in [7, 11) is 0. The number of nitrogens with two attached hydrogens (primary N) is 1. The van der Waals surface area contributed by atoms with Crippen molar-refractivity contribution in [2.75, 3.05) is 5.75 Å². The van der Waals surface area contributed by atoms with Crippen LogP contribution in [0.3, 0.4) is 0 Å². The molecule has 0 aliphatic carbocycles. The fraction of sp³-hybridized carbons (Fsp3) is 0.200. The minimum absolute atomic E-state index is 0.161. The van der Waals surface area contributed by atoms with Gasteiger partial charge in [-0.2, -0.15) is 0 Å². The molecule has 0 amide bonds. The molecule has 0 bridgehead atoms. The molecule has 1 unspecified atom stereocenters. The van der Waals surface area contributed by atoms with Crippen molar-refractivity contribution in [3.8, 4) is 0 Å². The predicted molar refractivity (Wildman–Crippen MR) is 86.1 cm³/mol. The molecule has 0 fully saturated rings. The second kappa shape index (κ2) is 7.10. The van der Waals surface area contributed by atoms with Crippen LogP contribution in [0.15, 0.2) is 57.9 Å². The molecule has 2 aromatic rings. The first-order valence-electron chi connectivity index (χ1n) is 6.10. The highest BCUT2D eigenvalue weighted by Gasteiger charge is 2.10. The van der Waals surface area contributed by atoms with Crippen LogP contribution >= 0.6 is 27.7 Å². The van der Waals surface area contributed by atoms with Crippen molar-refractivity contribution in [2.24, 2.45) is 5.84 Å². The Morgan fingerprint density at radius 2 is 1.95 bits per heavy atom. The molecule has 0 saturated carbocycles. The number of nitrogens with one attached hydrogen (secondary N) is 1. The minimum Gasteiger partial charge on any atom is -0.271 e. The monoisotopic (exact) mass is 336 g/mol. The number of hydrazine groups is 1. The van der Waals surface area contributed by atoms with Crippen LogP contribution in [0.5, 0.6) is 0 Å². The maximum Gasteiger partial charge on any atom is 0.0554 e. The van der Waals surface area contributed by atoms with E-state index >= 15 is 0 Å². The van der Waals surface area contributed by atoms with Crippen LogP contribution in [0.25, 0.3) is 0 Å². The van der Waals surface area contributed by atoms with Gasteiger partial charge in [-0.1, -0.05) is 45.8 Å². The lowest BCUT2D eigenvalue weighted by atomic mass is 10.1. The number of halogens is 1. The first kappa shape index (κ1) is 14.6. The number of benzene rings is 2. The summed E-state index contributed by atoms with van der Waals surface area (Å²) in [5.41, 5.74) is 5.38. The molecule has 0 heterocycles. The van der Waals surface area contributed by atoms with E-state index in [1.54, 1.807) is 11.8 Å². The summed E-state index contributed by atoms with van der Waals surface area (Å²) >= 11 is 5.24. The molecule has 19 heavy (non-hydrogen) atoms. The Hall–Kier alpha value is -0.810.